The highest BCUT2D eigenvalue weighted by molar-refractivity contribution is 5.65. The Bertz CT molecular complexity index is 477. The van der Waals surface area contributed by atoms with Gasteiger partial charge in [0.2, 0.25) is 0 Å². The quantitative estimate of drug-likeness (QED) is 0.865. The third-order valence-corrected chi connectivity index (χ3v) is 2.28. The first-order valence-corrected chi connectivity index (χ1v) is 5.67. The Morgan fingerprint density at radius 2 is 1.94 bits per heavy atom. The van der Waals surface area contributed by atoms with Crippen molar-refractivity contribution in [2.75, 3.05) is 12.4 Å². The number of anilines is 1. The van der Waals surface area contributed by atoms with Gasteiger partial charge in [0.05, 0.1) is 11.9 Å². The topological polar surface area (TPSA) is 29.9 Å². The number of aryl methyl sites for hydroxylation is 1. The van der Waals surface area contributed by atoms with Gasteiger partial charge < -0.3 is 5.32 Å². The van der Waals surface area contributed by atoms with Crippen LogP contribution in [0, 0.1) is 5.82 Å². The minimum absolute atomic E-state index is 0.251. The van der Waals surface area contributed by atoms with E-state index >= 15 is 0 Å². The fraction of sp³-hybridized carbons (Fsp3) is 0.308. The van der Waals surface area contributed by atoms with Crippen LogP contribution in [-0.2, 0) is 7.05 Å². The maximum Gasteiger partial charge on any atom is 0.146 e. The van der Waals surface area contributed by atoms with E-state index in [0.29, 0.717) is 5.69 Å². The highest BCUT2D eigenvalue weighted by Crippen LogP contribution is 2.23. The lowest BCUT2D eigenvalue weighted by atomic mass is 10.1. The first-order chi connectivity index (χ1) is 8.20. The highest BCUT2D eigenvalue weighted by atomic mass is 19.1. The van der Waals surface area contributed by atoms with Gasteiger partial charge in [-0.15, -0.1) is 0 Å². The molecule has 17 heavy (non-hydrogen) atoms. The van der Waals surface area contributed by atoms with Crippen molar-refractivity contribution >= 4 is 5.69 Å². The van der Waals surface area contributed by atoms with Crippen molar-refractivity contribution in [3.63, 3.8) is 0 Å². The lowest BCUT2D eigenvalue weighted by Gasteiger charge is -2.03. The SMILES string of the molecule is CC.CNc1ccc(-c2cnn(C)c2)cc1F. The van der Waals surface area contributed by atoms with E-state index in [2.05, 4.69) is 10.4 Å². The van der Waals surface area contributed by atoms with Crippen LogP contribution >= 0.6 is 0 Å². The summed E-state index contributed by atoms with van der Waals surface area (Å²) in [5, 5.41) is 6.83. The number of halogens is 1. The maximum atomic E-state index is 13.5. The first-order valence-electron chi connectivity index (χ1n) is 5.67. The second-order valence-electron chi connectivity index (χ2n) is 3.35. The van der Waals surface area contributed by atoms with Crippen LogP contribution in [0.5, 0.6) is 0 Å². The van der Waals surface area contributed by atoms with Gasteiger partial charge in [0.25, 0.3) is 0 Å². The number of nitrogens with one attached hydrogen (secondary N) is 1. The summed E-state index contributed by atoms with van der Waals surface area (Å²) in [5.41, 5.74) is 2.25. The summed E-state index contributed by atoms with van der Waals surface area (Å²) in [6, 6.07) is 5.09. The molecule has 0 unspecified atom stereocenters. The van der Waals surface area contributed by atoms with Gasteiger partial charge in [0, 0.05) is 25.9 Å². The Balaban J connectivity index is 0.000000686. The molecule has 1 aromatic heterocycles. The lowest BCUT2D eigenvalue weighted by molar-refractivity contribution is 0.632. The summed E-state index contributed by atoms with van der Waals surface area (Å²) in [4.78, 5) is 0. The summed E-state index contributed by atoms with van der Waals surface area (Å²) in [6.45, 7) is 4.00. The number of nitrogens with zero attached hydrogens (tertiary/aromatic N) is 2. The van der Waals surface area contributed by atoms with E-state index in [-0.39, 0.29) is 5.82 Å². The van der Waals surface area contributed by atoms with Crippen molar-refractivity contribution in [3.8, 4) is 11.1 Å². The molecule has 4 heteroatoms. The van der Waals surface area contributed by atoms with Gasteiger partial charge >= 0.3 is 0 Å². The van der Waals surface area contributed by atoms with E-state index in [1.807, 2.05) is 33.2 Å². The molecule has 1 heterocycles. The monoisotopic (exact) mass is 235 g/mol. The van der Waals surface area contributed by atoms with Crippen LogP contribution in [0.2, 0.25) is 0 Å². The van der Waals surface area contributed by atoms with Crippen LogP contribution in [0.25, 0.3) is 11.1 Å². The van der Waals surface area contributed by atoms with Gasteiger partial charge in [0.15, 0.2) is 0 Å². The van der Waals surface area contributed by atoms with Gasteiger partial charge in [-0.1, -0.05) is 19.9 Å². The number of hydrogen-bond acceptors (Lipinski definition) is 2. The van der Waals surface area contributed by atoms with Crippen molar-refractivity contribution in [2.45, 2.75) is 13.8 Å². The molecule has 92 valence electrons. The van der Waals surface area contributed by atoms with Gasteiger partial charge in [-0.25, -0.2) is 4.39 Å². The van der Waals surface area contributed by atoms with E-state index in [1.165, 1.54) is 6.07 Å². The highest BCUT2D eigenvalue weighted by Gasteiger charge is 2.04. The zero-order valence-corrected chi connectivity index (χ0v) is 10.7. The molecule has 0 saturated heterocycles. The second kappa shape index (κ2) is 6.03. The molecule has 2 aromatic rings. The van der Waals surface area contributed by atoms with Crippen molar-refractivity contribution in [1.82, 2.24) is 9.78 Å². The fourth-order valence-electron chi connectivity index (χ4n) is 1.47. The van der Waals surface area contributed by atoms with Crippen LogP contribution in [0.15, 0.2) is 30.6 Å². The number of rotatable bonds is 2. The molecule has 0 aliphatic heterocycles. The summed E-state index contributed by atoms with van der Waals surface area (Å²) >= 11 is 0. The van der Waals surface area contributed by atoms with Gasteiger partial charge in [-0.3, -0.25) is 4.68 Å². The lowest BCUT2D eigenvalue weighted by Crippen LogP contribution is -1.92. The minimum Gasteiger partial charge on any atom is -0.386 e. The van der Waals surface area contributed by atoms with Crippen LogP contribution in [0.4, 0.5) is 10.1 Å². The Kier molecular flexibility index (Phi) is 4.69. The summed E-state index contributed by atoms with van der Waals surface area (Å²) in [5.74, 6) is -0.251. The Morgan fingerprint density at radius 1 is 1.24 bits per heavy atom. The van der Waals surface area contributed by atoms with Gasteiger partial charge in [-0.2, -0.15) is 5.10 Å². The normalized spacial score (nSPS) is 9.47. The first kappa shape index (κ1) is 13.2. The maximum absolute atomic E-state index is 13.5. The third-order valence-electron chi connectivity index (χ3n) is 2.28. The fourth-order valence-corrected chi connectivity index (χ4v) is 1.47. The van der Waals surface area contributed by atoms with Crippen molar-refractivity contribution in [3.05, 3.63) is 36.4 Å². The molecule has 0 saturated carbocycles. The average molecular weight is 235 g/mol. The van der Waals surface area contributed by atoms with Crippen LogP contribution in [0.1, 0.15) is 13.8 Å². The second-order valence-corrected chi connectivity index (χ2v) is 3.35. The number of benzene rings is 1. The van der Waals surface area contributed by atoms with Crippen molar-refractivity contribution < 1.29 is 4.39 Å². The molecule has 0 bridgehead atoms. The number of hydrogen-bond donors (Lipinski definition) is 1. The number of aromatic nitrogens is 2. The third kappa shape index (κ3) is 3.06. The predicted octanol–water partition coefficient (Wildman–Crippen LogP) is 3.29. The Hall–Kier alpha value is -1.84. The molecule has 0 aliphatic carbocycles. The Labute approximate surface area is 101 Å². The summed E-state index contributed by atoms with van der Waals surface area (Å²) in [6.07, 6.45) is 3.57. The molecular formula is C13H18FN3. The van der Waals surface area contributed by atoms with E-state index in [0.717, 1.165) is 11.1 Å². The molecule has 0 fully saturated rings. The summed E-state index contributed by atoms with van der Waals surface area (Å²) in [7, 11) is 3.53. The molecule has 1 N–H and O–H groups in total. The predicted molar refractivity (Wildman–Crippen MR) is 69.5 cm³/mol. The molecule has 2 rings (SSSR count). The van der Waals surface area contributed by atoms with Crippen molar-refractivity contribution in [2.24, 2.45) is 7.05 Å². The molecular weight excluding hydrogens is 217 g/mol. The molecule has 0 amide bonds. The van der Waals surface area contributed by atoms with Gasteiger partial charge in [0.1, 0.15) is 5.82 Å². The minimum atomic E-state index is -0.251. The van der Waals surface area contributed by atoms with Crippen molar-refractivity contribution in [1.29, 1.82) is 0 Å². The van der Waals surface area contributed by atoms with E-state index in [9.17, 15) is 4.39 Å². The van der Waals surface area contributed by atoms with Crippen LogP contribution in [-0.4, -0.2) is 16.8 Å². The van der Waals surface area contributed by atoms with E-state index in [1.54, 1.807) is 24.0 Å². The zero-order valence-electron chi connectivity index (χ0n) is 10.7. The smallest absolute Gasteiger partial charge is 0.146 e. The largest absolute Gasteiger partial charge is 0.386 e. The average Bonchev–Trinajstić information content (AvgIpc) is 2.78. The molecule has 0 spiro atoms. The zero-order chi connectivity index (χ0) is 12.8. The molecule has 0 aliphatic rings. The molecule has 1 aromatic carbocycles. The van der Waals surface area contributed by atoms with Crippen LogP contribution < -0.4 is 5.32 Å². The van der Waals surface area contributed by atoms with Crippen LogP contribution in [0.3, 0.4) is 0 Å². The molecule has 0 atom stereocenters. The molecule has 3 nitrogen and oxygen atoms in total. The van der Waals surface area contributed by atoms with E-state index < -0.39 is 0 Å². The standard InChI is InChI=1S/C11H12FN3.C2H6/c1-13-11-4-3-8(5-10(11)12)9-6-14-15(2)7-9;1-2/h3-7,13H,1-2H3;1-2H3. The molecule has 0 radical (unpaired) electrons. The Morgan fingerprint density at radius 3 is 2.41 bits per heavy atom. The summed E-state index contributed by atoms with van der Waals surface area (Å²) < 4.78 is 15.1. The van der Waals surface area contributed by atoms with Gasteiger partial charge in [-0.05, 0) is 17.7 Å². The van der Waals surface area contributed by atoms with E-state index in [4.69, 9.17) is 0 Å².